The predicted octanol–water partition coefficient (Wildman–Crippen LogP) is 5.31. The molecule has 5 rings (SSSR count). The zero-order valence-electron chi connectivity index (χ0n) is 27.1. The summed E-state index contributed by atoms with van der Waals surface area (Å²) >= 11 is 6.16. The van der Waals surface area contributed by atoms with Crippen LogP contribution in [0, 0.1) is 4.79 Å². The van der Waals surface area contributed by atoms with Crippen molar-refractivity contribution in [3.05, 3.63) is 95.8 Å². The Morgan fingerprint density at radius 2 is 0.714 bits per heavy atom. The first kappa shape index (κ1) is 40.7. The van der Waals surface area contributed by atoms with Crippen LogP contribution >= 0.6 is 24.0 Å². The largest absolute Gasteiger partial charge is 1.00 e. The first-order chi connectivity index (χ1) is 19.6. The summed E-state index contributed by atoms with van der Waals surface area (Å²) in [5.41, 5.74) is 0. The van der Waals surface area contributed by atoms with Gasteiger partial charge in [0.2, 0.25) is 0 Å². The van der Waals surface area contributed by atoms with Crippen molar-refractivity contribution in [3.8, 4) is 0 Å². The van der Waals surface area contributed by atoms with Gasteiger partial charge in [-0.1, -0.05) is 170 Å². The second-order valence-corrected chi connectivity index (χ2v) is 44.8. The number of benzene rings is 3. The van der Waals surface area contributed by atoms with Gasteiger partial charge in [-0.3, -0.25) is 4.79 Å². The quantitative estimate of drug-likeness (QED) is 0.248. The van der Waals surface area contributed by atoms with E-state index in [1.54, 1.807) is 15.6 Å². The monoisotopic (exact) mass is 840 g/mol. The maximum atomic E-state index is 4.94. The van der Waals surface area contributed by atoms with Crippen LogP contribution in [0.2, 0.25) is 39.3 Å². The standard InChI is InChI=1S/C25H33Si3.2C4H8O.2BrH.Cd.Li/c1-26(2,22-16-10-7-11-17-22)25(27(3,4)23-18-12-8-13-19-23)28(5,6)24-20-14-9-15-21-24;2*1-2-4-5-3-1;;;;/h7-21H,1-6H3;2*1-4H2;2*1H;;/q-1;;;;;+2;+1/p-2. The van der Waals surface area contributed by atoms with E-state index in [2.05, 4.69) is 154 Å². The van der Waals surface area contributed by atoms with E-state index in [1.807, 2.05) is 4.79 Å². The molecule has 0 radical (unpaired) electrons. The topological polar surface area (TPSA) is 18.5 Å². The fraction of sp³-hybridized carbons (Fsp3) is 0.424. The minimum Gasteiger partial charge on any atom is 1.00 e. The van der Waals surface area contributed by atoms with Crippen LogP contribution in [-0.4, -0.2) is 50.6 Å². The molecule has 0 spiro atoms. The number of halogens is 2. The predicted molar refractivity (Wildman–Crippen MR) is 192 cm³/mol. The number of hydrogen-bond acceptors (Lipinski definition) is 2. The third kappa shape index (κ3) is 12.8. The Morgan fingerprint density at radius 3 is 0.881 bits per heavy atom. The molecular weight excluding hydrogens is 792 g/mol. The van der Waals surface area contributed by atoms with E-state index in [9.17, 15) is 0 Å². The van der Waals surface area contributed by atoms with Gasteiger partial charge in [-0.05, 0) is 25.7 Å². The average Bonchev–Trinajstić information content (AvgIpc) is 3.75. The number of rotatable bonds is 6. The molecule has 2 fully saturated rings. The maximum absolute atomic E-state index is 4.94. The summed E-state index contributed by atoms with van der Waals surface area (Å²) in [6.07, 6.45) is 5.11. The normalized spacial score (nSPS) is 14.6. The van der Waals surface area contributed by atoms with Crippen molar-refractivity contribution in [1.29, 1.82) is 0 Å². The smallest absolute Gasteiger partial charge is 1.00 e. The Kier molecular flexibility index (Phi) is 20.8. The van der Waals surface area contributed by atoms with Crippen molar-refractivity contribution < 1.29 is 47.8 Å². The molecule has 222 valence electrons. The van der Waals surface area contributed by atoms with E-state index in [1.165, 1.54) is 25.7 Å². The first-order valence-corrected chi connectivity index (χ1v) is 42.0. The molecule has 2 aliphatic rings. The average molecular weight is 841 g/mol. The summed E-state index contributed by atoms with van der Waals surface area (Å²) in [5.74, 6) is 0. The van der Waals surface area contributed by atoms with Crippen molar-refractivity contribution in [3.63, 3.8) is 0 Å². The second-order valence-electron chi connectivity index (χ2n) is 12.1. The molecule has 2 nitrogen and oxygen atoms in total. The van der Waals surface area contributed by atoms with E-state index >= 15 is 0 Å². The Labute approximate surface area is 295 Å². The SMILES string of the molecule is C1CCOC1.C1CCOC1.C[Si](C)(c1ccccc1)[C-]([Si](C)(C)c1ccccc1)[Si](C)(C)c1ccccc1.[Br][Cd][Br].[Li+]. The second kappa shape index (κ2) is 21.5. The molecule has 0 saturated carbocycles. The Hall–Kier alpha value is 0.710. The molecule has 0 amide bonds. The van der Waals surface area contributed by atoms with Crippen LogP contribution in [0.4, 0.5) is 0 Å². The van der Waals surface area contributed by atoms with Crippen molar-refractivity contribution in [2.24, 2.45) is 0 Å². The number of ether oxygens (including phenoxy) is 2. The van der Waals surface area contributed by atoms with Crippen molar-refractivity contribution in [2.75, 3.05) is 26.4 Å². The van der Waals surface area contributed by atoms with Crippen LogP contribution in [0.25, 0.3) is 0 Å². The fourth-order valence-electron chi connectivity index (χ4n) is 6.36. The summed E-state index contributed by atoms with van der Waals surface area (Å²) in [7, 11) is -5.42. The molecule has 0 aromatic heterocycles. The zero-order valence-corrected chi connectivity index (χ0v) is 37.3. The van der Waals surface area contributed by atoms with Gasteiger partial charge in [0.25, 0.3) is 0 Å². The van der Waals surface area contributed by atoms with Crippen molar-refractivity contribution in [2.45, 2.75) is 65.0 Å². The van der Waals surface area contributed by atoms with E-state index in [0.717, 1.165) is 26.4 Å². The molecule has 42 heavy (non-hydrogen) atoms. The van der Waals surface area contributed by atoms with Gasteiger partial charge < -0.3 is 9.47 Å². The molecular formula is C33H49Br2CdLiO2Si3. The molecule has 9 heteroatoms. The fourth-order valence-corrected chi connectivity index (χ4v) is 31.7. The van der Waals surface area contributed by atoms with Gasteiger partial charge in [0, 0.05) is 26.4 Å². The molecule has 0 aliphatic carbocycles. The van der Waals surface area contributed by atoms with Crippen molar-refractivity contribution in [1.82, 2.24) is 0 Å². The molecule has 3 aromatic rings. The van der Waals surface area contributed by atoms with Crippen LogP contribution in [0.1, 0.15) is 25.7 Å². The van der Waals surface area contributed by atoms with Gasteiger partial charge in [0.05, 0.1) is 0 Å². The summed E-state index contributed by atoms with van der Waals surface area (Å²) in [6.45, 7) is 19.5. The van der Waals surface area contributed by atoms with Crippen LogP contribution in [0.5, 0.6) is 0 Å². The molecule has 0 unspecified atom stereocenters. The van der Waals surface area contributed by atoms with Crippen LogP contribution < -0.4 is 34.4 Å². The molecule has 2 heterocycles. The van der Waals surface area contributed by atoms with Crippen LogP contribution in [-0.2, 0) is 28.9 Å². The van der Waals surface area contributed by atoms with Gasteiger partial charge in [0.15, 0.2) is 0 Å². The molecule has 2 aliphatic heterocycles. The van der Waals surface area contributed by atoms with E-state index in [-0.39, 0.29) is 38.3 Å². The molecule has 2 saturated heterocycles. The summed E-state index contributed by atoms with van der Waals surface area (Å²) in [6, 6.07) is 34.0. The van der Waals surface area contributed by atoms with Gasteiger partial charge in [-0.15, -0.1) is 0 Å². The van der Waals surface area contributed by atoms with Gasteiger partial charge in [-0.25, -0.2) is 0 Å². The molecule has 0 atom stereocenters. The van der Waals surface area contributed by atoms with Crippen molar-refractivity contribution >= 4 is 63.8 Å². The Balaban J connectivity index is 0.000000518. The summed E-state index contributed by atoms with van der Waals surface area (Å²) in [4.78, 5) is 1.94. The van der Waals surface area contributed by atoms with Gasteiger partial charge in [-0.2, -0.15) is 0 Å². The molecule has 0 N–H and O–H groups in total. The summed E-state index contributed by atoms with van der Waals surface area (Å²) < 4.78 is 9.89. The maximum Gasteiger partial charge on any atom is 1.00 e. The van der Waals surface area contributed by atoms with E-state index in [0.29, 0.717) is 0 Å². The Morgan fingerprint density at radius 1 is 0.500 bits per heavy atom. The minimum atomic E-state index is -1.81. The molecule has 0 bridgehead atoms. The van der Waals surface area contributed by atoms with Gasteiger partial charge >= 0.3 is 62.2 Å². The van der Waals surface area contributed by atoms with Crippen LogP contribution in [0.15, 0.2) is 91.0 Å². The number of hydrogen-bond donors (Lipinski definition) is 0. The third-order valence-electron chi connectivity index (χ3n) is 8.02. The minimum absolute atomic E-state index is 0. The zero-order chi connectivity index (χ0) is 30.2. The first-order valence-electron chi connectivity index (χ1n) is 14.9. The van der Waals surface area contributed by atoms with Gasteiger partial charge in [0.1, 0.15) is 0 Å². The third-order valence-corrected chi connectivity index (χ3v) is 28.3. The van der Waals surface area contributed by atoms with E-state index in [4.69, 9.17) is 9.47 Å². The Bertz CT molecular complexity index is 939. The van der Waals surface area contributed by atoms with Crippen LogP contribution in [0.3, 0.4) is 0 Å². The summed E-state index contributed by atoms with van der Waals surface area (Å²) in [5, 5.41) is 4.70. The van der Waals surface area contributed by atoms with E-state index < -0.39 is 24.2 Å². The molecule has 3 aromatic carbocycles.